The lowest BCUT2D eigenvalue weighted by Gasteiger charge is -2.28. The molecule has 3 aliphatic rings. The largest absolute Gasteiger partial charge is 0.381 e. The van der Waals surface area contributed by atoms with Gasteiger partial charge in [-0.3, -0.25) is 9.59 Å². The molecule has 2 aliphatic heterocycles. The lowest BCUT2D eigenvalue weighted by molar-refractivity contribution is -0.137. The predicted octanol–water partition coefficient (Wildman–Crippen LogP) is 3.14. The number of benzene rings is 1. The van der Waals surface area contributed by atoms with E-state index >= 15 is 0 Å². The summed E-state index contributed by atoms with van der Waals surface area (Å²) in [6.45, 7) is 4.84. The highest BCUT2D eigenvalue weighted by Gasteiger charge is 2.42. The van der Waals surface area contributed by atoms with E-state index in [1.54, 1.807) is 4.90 Å². The lowest BCUT2D eigenvalue weighted by Crippen LogP contribution is -2.42. The Bertz CT molecular complexity index is 713. The number of aryl methyl sites for hydroxylation is 1. The van der Waals surface area contributed by atoms with Gasteiger partial charge in [0.05, 0.1) is 12.5 Å². The monoisotopic (exact) mass is 420 g/mol. The van der Waals surface area contributed by atoms with Gasteiger partial charge in [0.25, 0.3) is 0 Å². The van der Waals surface area contributed by atoms with Crippen molar-refractivity contribution in [3.8, 4) is 0 Å². The molecule has 1 aromatic rings. The Morgan fingerprint density at radius 3 is 2.81 bits per heavy atom. The van der Waals surface area contributed by atoms with Gasteiger partial charge in [0.1, 0.15) is 0 Å². The van der Waals surface area contributed by atoms with Gasteiger partial charge in [0.15, 0.2) is 0 Å². The minimum absolute atomic E-state index is 0.0463. The average Bonchev–Trinajstić information content (AvgIpc) is 3.19. The SMILES string of the molecule is Cc1cc(N2CC(C(=O)N(CC3CCOC3)C3CC3)CC2=O)ccc1Br. The van der Waals surface area contributed by atoms with E-state index in [0.717, 1.165) is 54.7 Å². The predicted molar refractivity (Wildman–Crippen MR) is 103 cm³/mol. The number of hydrogen-bond acceptors (Lipinski definition) is 3. The number of nitrogens with zero attached hydrogens (tertiary/aromatic N) is 2. The number of rotatable bonds is 5. The van der Waals surface area contributed by atoms with Crippen molar-refractivity contribution in [1.29, 1.82) is 0 Å². The van der Waals surface area contributed by atoms with Crippen LogP contribution in [0.1, 0.15) is 31.2 Å². The van der Waals surface area contributed by atoms with Crippen LogP contribution in [-0.2, 0) is 14.3 Å². The summed E-state index contributed by atoms with van der Waals surface area (Å²) in [5, 5.41) is 0. The maximum atomic E-state index is 13.2. The van der Waals surface area contributed by atoms with Gasteiger partial charge in [-0.2, -0.15) is 0 Å². The number of carbonyl (C=O) groups excluding carboxylic acids is 2. The number of anilines is 1. The molecule has 0 aromatic heterocycles. The zero-order valence-corrected chi connectivity index (χ0v) is 16.7. The molecule has 0 radical (unpaired) electrons. The summed E-state index contributed by atoms with van der Waals surface area (Å²) in [5.74, 6) is 0.422. The zero-order chi connectivity index (χ0) is 18.3. The van der Waals surface area contributed by atoms with Crippen LogP contribution >= 0.6 is 15.9 Å². The van der Waals surface area contributed by atoms with Crippen molar-refractivity contribution in [2.75, 3.05) is 31.2 Å². The molecule has 0 bridgehead atoms. The smallest absolute Gasteiger partial charge is 0.228 e. The molecule has 26 heavy (non-hydrogen) atoms. The van der Waals surface area contributed by atoms with Crippen molar-refractivity contribution in [3.05, 3.63) is 28.2 Å². The summed E-state index contributed by atoms with van der Waals surface area (Å²) in [4.78, 5) is 29.5. The second kappa shape index (κ2) is 7.31. The van der Waals surface area contributed by atoms with Crippen molar-refractivity contribution in [1.82, 2.24) is 4.90 Å². The summed E-state index contributed by atoms with van der Waals surface area (Å²) >= 11 is 3.50. The quantitative estimate of drug-likeness (QED) is 0.734. The number of amides is 2. The minimum Gasteiger partial charge on any atom is -0.381 e. The van der Waals surface area contributed by atoms with Crippen molar-refractivity contribution in [2.24, 2.45) is 11.8 Å². The first kappa shape index (κ1) is 18.0. The number of carbonyl (C=O) groups is 2. The van der Waals surface area contributed by atoms with Crippen LogP contribution in [-0.4, -0.2) is 49.1 Å². The Labute approximate surface area is 162 Å². The molecule has 1 aromatic carbocycles. The summed E-state index contributed by atoms with van der Waals surface area (Å²) in [6, 6.07) is 6.28. The molecule has 5 nitrogen and oxygen atoms in total. The third kappa shape index (κ3) is 3.67. The Balaban J connectivity index is 1.46. The van der Waals surface area contributed by atoms with Gasteiger partial charge in [-0.25, -0.2) is 0 Å². The highest BCUT2D eigenvalue weighted by molar-refractivity contribution is 9.10. The molecular weight excluding hydrogens is 396 g/mol. The summed E-state index contributed by atoms with van der Waals surface area (Å²) in [6.07, 6.45) is 3.54. The summed E-state index contributed by atoms with van der Waals surface area (Å²) in [7, 11) is 0. The van der Waals surface area contributed by atoms with Crippen molar-refractivity contribution < 1.29 is 14.3 Å². The van der Waals surface area contributed by atoms with E-state index < -0.39 is 0 Å². The van der Waals surface area contributed by atoms with Gasteiger partial charge in [0, 0.05) is 48.2 Å². The molecule has 1 saturated carbocycles. The van der Waals surface area contributed by atoms with E-state index in [4.69, 9.17) is 4.74 Å². The van der Waals surface area contributed by atoms with Gasteiger partial charge < -0.3 is 14.5 Å². The molecule has 1 aliphatic carbocycles. The molecule has 0 N–H and O–H groups in total. The Morgan fingerprint density at radius 1 is 1.35 bits per heavy atom. The van der Waals surface area contributed by atoms with Crippen LogP contribution in [0.2, 0.25) is 0 Å². The first-order chi connectivity index (χ1) is 12.5. The molecule has 2 amide bonds. The molecule has 140 valence electrons. The fourth-order valence-corrected chi connectivity index (χ4v) is 4.21. The van der Waals surface area contributed by atoms with E-state index in [0.29, 0.717) is 24.9 Å². The zero-order valence-electron chi connectivity index (χ0n) is 15.1. The lowest BCUT2D eigenvalue weighted by atomic mass is 10.0. The third-order valence-electron chi connectivity index (χ3n) is 5.68. The van der Waals surface area contributed by atoms with Crippen LogP contribution in [0.15, 0.2) is 22.7 Å². The van der Waals surface area contributed by atoms with Gasteiger partial charge >= 0.3 is 0 Å². The maximum absolute atomic E-state index is 13.2. The first-order valence-electron chi connectivity index (χ1n) is 9.47. The maximum Gasteiger partial charge on any atom is 0.228 e. The number of ether oxygens (including phenoxy) is 1. The number of hydrogen-bond donors (Lipinski definition) is 0. The fraction of sp³-hybridized carbons (Fsp3) is 0.600. The highest BCUT2D eigenvalue weighted by atomic mass is 79.9. The van der Waals surface area contributed by atoms with Gasteiger partial charge in [0.2, 0.25) is 11.8 Å². The molecule has 6 heteroatoms. The van der Waals surface area contributed by atoms with Crippen LogP contribution in [0.3, 0.4) is 0 Å². The molecule has 2 atom stereocenters. The van der Waals surface area contributed by atoms with Crippen molar-refractivity contribution in [2.45, 2.75) is 38.6 Å². The second-order valence-corrected chi connectivity index (χ2v) is 8.64. The molecule has 2 saturated heterocycles. The van der Waals surface area contributed by atoms with Crippen molar-refractivity contribution >= 4 is 33.4 Å². The second-order valence-electron chi connectivity index (χ2n) is 7.79. The number of halogens is 1. The molecule has 2 heterocycles. The highest BCUT2D eigenvalue weighted by Crippen LogP contribution is 2.34. The van der Waals surface area contributed by atoms with E-state index in [9.17, 15) is 9.59 Å². The van der Waals surface area contributed by atoms with Gasteiger partial charge in [-0.15, -0.1) is 0 Å². The van der Waals surface area contributed by atoms with Crippen LogP contribution < -0.4 is 4.90 Å². The molecule has 4 rings (SSSR count). The van der Waals surface area contributed by atoms with Crippen LogP contribution in [0, 0.1) is 18.8 Å². The van der Waals surface area contributed by atoms with Crippen LogP contribution in [0.25, 0.3) is 0 Å². The molecular formula is C20H25BrN2O3. The average molecular weight is 421 g/mol. The molecule has 0 spiro atoms. The van der Waals surface area contributed by atoms with E-state index in [1.165, 1.54) is 0 Å². The van der Waals surface area contributed by atoms with Gasteiger partial charge in [-0.1, -0.05) is 15.9 Å². The first-order valence-corrected chi connectivity index (χ1v) is 10.3. The van der Waals surface area contributed by atoms with Crippen LogP contribution in [0.4, 0.5) is 5.69 Å². The fourth-order valence-electron chi connectivity index (χ4n) is 3.96. The van der Waals surface area contributed by atoms with E-state index in [2.05, 4.69) is 15.9 Å². The Kier molecular flexibility index (Phi) is 5.06. The Morgan fingerprint density at radius 2 is 2.15 bits per heavy atom. The topological polar surface area (TPSA) is 49.9 Å². The summed E-state index contributed by atoms with van der Waals surface area (Å²) in [5.41, 5.74) is 1.97. The van der Waals surface area contributed by atoms with Gasteiger partial charge in [-0.05, 0) is 49.9 Å². The molecule has 2 unspecified atom stereocenters. The normalized spacial score (nSPS) is 25.8. The standard InChI is InChI=1S/C20H25BrN2O3/c1-13-8-17(4-5-18(13)21)22-11-15(9-19(22)24)20(25)23(16-2-3-16)10-14-6-7-26-12-14/h4-5,8,14-16H,2-3,6-7,9-12H2,1H3. The summed E-state index contributed by atoms with van der Waals surface area (Å²) < 4.78 is 6.50. The van der Waals surface area contributed by atoms with E-state index in [1.807, 2.05) is 30.0 Å². The van der Waals surface area contributed by atoms with E-state index in [-0.39, 0.29) is 17.7 Å². The third-order valence-corrected chi connectivity index (χ3v) is 6.57. The minimum atomic E-state index is -0.227. The van der Waals surface area contributed by atoms with Crippen LogP contribution in [0.5, 0.6) is 0 Å². The van der Waals surface area contributed by atoms with Crippen molar-refractivity contribution in [3.63, 3.8) is 0 Å². The molecule has 3 fully saturated rings. The Hall–Kier alpha value is -1.40.